The summed E-state index contributed by atoms with van der Waals surface area (Å²) in [6.07, 6.45) is 0. The van der Waals surface area contributed by atoms with Crippen molar-refractivity contribution in [3.63, 3.8) is 0 Å². The van der Waals surface area contributed by atoms with Gasteiger partial charge in [-0.3, -0.25) is 9.69 Å². The van der Waals surface area contributed by atoms with Crippen LogP contribution in [0.5, 0.6) is 0 Å². The molecule has 1 aliphatic rings. The quantitative estimate of drug-likeness (QED) is 0.711. The van der Waals surface area contributed by atoms with Gasteiger partial charge in [-0.25, -0.2) is 21.1 Å². The molecule has 3 rings (SSSR count). The molecule has 0 aromatic heterocycles. The van der Waals surface area contributed by atoms with Gasteiger partial charge >= 0.3 is 0 Å². The molecule has 0 bridgehead atoms. The average Bonchev–Trinajstić information content (AvgIpc) is 2.70. The van der Waals surface area contributed by atoms with Crippen molar-refractivity contribution in [2.75, 3.05) is 44.0 Å². The van der Waals surface area contributed by atoms with Crippen LogP contribution in [0.4, 0.5) is 5.69 Å². The molecule has 1 N–H and O–H groups in total. The van der Waals surface area contributed by atoms with Crippen molar-refractivity contribution in [2.45, 2.75) is 10.9 Å². The number of carbonyl (C=O) groups excluding carboxylic acids is 1. The second-order valence-corrected chi connectivity index (χ2v) is 11.8. The van der Waals surface area contributed by atoms with E-state index in [9.17, 15) is 21.6 Å². The van der Waals surface area contributed by atoms with Gasteiger partial charge in [-0.05, 0) is 23.8 Å². The second-order valence-electron chi connectivity index (χ2n) is 7.31. The van der Waals surface area contributed by atoms with E-state index in [1.807, 2.05) is 35.2 Å². The van der Waals surface area contributed by atoms with Gasteiger partial charge in [-0.15, -0.1) is 0 Å². The number of nitrogens with zero attached hydrogens (tertiary/aromatic N) is 2. The maximum atomic E-state index is 13.2. The molecule has 1 amide bonds. The van der Waals surface area contributed by atoms with Crippen LogP contribution in [0.3, 0.4) is 0 Å². The summed E-state index contributed by atoms with van der Waals surface area (Å²) in [5.74, 6) is -0.347. The molecule has 10 heteroatoms. The number of nitrogens with one attached hydrogen (secondary N) is 1. The summed E-state index contributed by atoms with van der Waals surface area (Å²) < 4.78 is 49.5. The minimum atomic E-state index is -3.64. The fourth-order valence-corrected chi connectivity index (χ4v) is 5.48. The molecule has 0 aliphatic carbocycles. The van der Waals surface area contributed by atoms with E-state index in [-0.39, 0.29) is 35.4 Å². The Balaban J connectivity index is 1.88. The summed E-state index contributed by atoms with van der Waals surface area (Å²) in [5.41, 5.74) is 1.10. The molecule has 0 saturated carbocycles. The minimum Gasteiger partial charge on any atom is -0.324 e. The van der Waals surface area contributed by atoms with Gasteiger partial charge in [0, 0.05) is 32.9 Å². The minimum absolute atomic E-state index is 0.000176. The Morgan fingerprint density at radius 1 is 1.03 bits per heavy atom. The molecule has 2 aromatic carbocycles. The Morgan fingerprint density at radius 2 is 1.67 bits per heavy atom. The Hall–Kier alpha value is -2.27. The maximum Gasteiger partial charge on any atom is 0.246 e. The molecule has 0 spiro atoms. The largest absolute Gasteiger partial charge is 0.324 e. The first-order valence-electron chi connectivity index (χ1n) is 9.43. The van der Waals surface area contributed by atoms with Crippen molar-refractivity contribution < 1.29 is 21.6 Å². The van der Waals surface area contributed by atoms with Crippen LogP contribution in [-0.4, -0.2) is 70.6 Å². The van der Waals surface area contributed by atoms with E-state index in [0.717, 1.165) is 9.87 Å². The molecule has 1 fully saturated rings. The van der Waals surface area contributed by atoms with Crippen molar-refractivity contribution >= 4 is 31.5 Å². The average molecular weight is 452 g/mol. The topological polar surface area (TPSA) is 104 Å². The number of sulfonamides is 1. The molecular weight excluding hydrogens is 426 g/mol. The SMILES string of the molecule is CN(C)S(=O)(=O)c1cccc(NC(=O)C(c2ccccc2)N2CCS(=O)(=O)CC2)c1. The van der Waals surface area contributed by atoms with Crippen molar-refractivity contribution in [1.82, 2.24) is 9.21 Å². The Bertz CT molecular complexity index is 1100. The molecular formula is C20H25N3O5S2. The number of rotatable bonds is 6. The van der Waals surface area contributed by atoms with Gasteiger partial charge in [-0.2, -0.15) is 0 Å². The molecule has 1 saturated heterocycles. The van der Waals surface area contributed by atoms with Crippen LogP contribution < -0.4 is 5.32 Å². The predicted octanol–water partition coefficient (Wildman–Crippen LogP) is 1.35. The van der Waals surface area contributed by atoms with Gasteiger partial charge in [0.05, 0.1) is 16.4 Å². The van der Waals surface area contributed by atoms with Crippen LogP contribution in [-0.2, 0) is 24.7 Å². The number of hydrogen-bond donors (Lipinski definition) is 1. The summed E-state index contributed by atoms with van der Waals surface area (Å²) in [6, 6.07) is 14.5. The summed E-state index contributed by atoms with van der Waals surface area (Å²) in [5, 5.41) is 2.80. The zero-order valence-electron chi connectivity index (χ0n) is 16.9. The van der Waals surface area contributed by atoms with E-state index in [0.29, 0.717) is 5.69 Å². The highest BCUT2D eigenvalue weighted by Crippen LogP contribution is 2.26. The van der Waals surface area contributed by atoms with Crippen LogP contribution in [0, 0.1) is 0 Å². The smallest absolute Gasteiger partial charge is 0.246 e. The third kappa shape index (κ3) is 5.07. The van der Waals surface area contributed by atoms with Gasteiger partial charge in [0.25, 0.3) is 0 Å². The van der Waals surface area contributed by atoms with Crippen LogP contribution in [0.1, 0.15) is 11.6 Å². The molecule has 1 unspecified atom stereocenters. The molecule has 8 nitrogen and oxygen atoms in total. The maximum absolute atomic E-state index is 13.2. The van der Waals surface area contributed by atoms with E-state index in [4.69, 9.17) is 0 Å². The molecule has 30 heavy (non-hydrogen) atoms. The zero-order chi connectivity index (χ0) is 21.9. The number of benzene rings is 2. The van der Waals surface area contributed by atoms with Gasteiger partial charge in [0.1, 0.15) is 6.04 Å². The third-order valence-corrected chi connectivity index (χ3v) is 8.41. The zero-order valence-corrected chi connectivity index (χ0v) is 18.5. The van der Waals surface area contributed by atoms with Crippen LogP contribution >= 0.6 is 0 Å². The lowest BCUT2D eigenvalue weighted by molar-refractivity contribution is -0.121. The lowest BCUT2D eigenvalue weighted by atomic mass is 10.0. The Kier molecular flexibility index (Phi) is 6.61. The standard InChI is InChI=1S/C20H25N3O5S2/c1-22(2)30(27,28)18-10-6-9-17(15-18)21-20(24)19(16-7-4-3-5-8-16)23-11-13-29(25,26)14-12-23/h3-10,15,19H,11-14H2,1-2H3,(H,21,24). The van der Waals surface area contributed by atoms with Crippen molar-refractivity contribution in [3.05, 3.63) is 60.2 Å². The summed E-state index contributed by atoms with van der Waals surface area (Å²) in [7, 11) is -3.85. The monoisotopic (exact) mass is 451 g/mol. The fraction of sp³-hybridized carbons (Fsp3) is 0.350. The van der Waals surface area contributed by atoms with Gasteiger partial charge in [0.15, 0.2) is 9.84 Å². The number of hydrogen-bond acceptors (Lipinski definition) is 6. The molecule has 1 atom stereocenters. The van der Waals surface area contributed by atoms with Crippen LogP contribution in [0.15, 0.2) is 59.5 Å². The normalized spacial score (nSPS) is 18.1. The fourth-order valence-electron chi connectivity index (χ4n) is 3.30. The van der Waals surface area contributed by atoms with Crippen LogP contribution in [0.2, 0.25) is 0 Å². The van der Waals surface area contributed by atoms with E-state index >= 15 is 0 Å². The molecule has 2 aromatic rings. The van der Waals surface area contributed by atoms with Gasteiger partial charge in [-0.1, -0.05) is 36.4 Å². The van der Waals surface area contributed by atoms with E-state index in [1.54, 1.807) is 12.1 Å². The first kappa shape index (κ1) is 22.4. The van der Waals surface area contributed by atoms with Crippen molar-refractivity contribution in [2.24, 2.45) is 0 Å². The number of amides is 1. The second kappa shape index (κ2) is 8.84. The van der Waals surface area contributed by atoms with Gasteiger partial charge < -0.3 is 5.32 Å². The lowest BCUT2D eigenvalue weighted by Crippen LogP contribution is -2.46. The molecule has 162 valence electrons. The van der Waals surface area contributed by atoms with E-state index in [2.05, 4.69) is 5.32 Å². The van der Waals surface area contributed by atoms with E-state index in [1.165, 1.54) is 26.2 Å². The lowest BCUT2D eigenvalue weighted by Gasteiger charge is -2.33. The Morgan fingerprint density at radius 3 is 2.27 bits per heavy atom. The van der Waals surface area contributed by atoms with Gasteiger partial charge in [0.2, 0.25) is 15.9 Å². The highest BCUT2D eigenvalue weighted by atomic mass is 32.2. The Labute approximate surface area is 177 Å². The molecule has 1 heterocycles. The number of anilines is 1. The van der Waals surface area contributed by atoms with E-state index < -0.39 is 25.9 Å². The first-order valence-corrected chi connectivity index (χ1v) is 12.7. The van der Waals surface area contributed by atoms with Crippen molar-refractivity contribution in [1.29, 1.82) is 0 Å². The highest BCUT2D eigenvalue weighted by molar-refractivity contribution is 7.91. The molecule has 0 radical (unpaired) electrons. The molecule has 1 aliphatic heterocycles. The van der Waals surface area contributed by atoms with Crippen molar-refractivity contribution in [3.8, 4) is 0 Å². The number of sulfone groups is 1. The third-order valence-electron chi connectivity index (χ3n) is 4.99. The summed E-state index contributed by atoms with van der Waals surface area (Å²) >= 11 is 0. The predicted molar refractivity (Wildman–Crippen MR) is 115 cm³/mol. The summed E-state index contributed by atoms with van der Waals surface area (Å²) in [4.78, 5) is 15.1. The number of carbonyl (C=O) groups is 1. The summed E-state index contributed by atoms with van der Waals surface area (Å²) in [6.45, 7) is 0.509. The van der Waals surface area contributed by atoms with Crippen LogP contribution in [0.25, 0.3) is 0 Å². The highest BCUT2D eigenvalue weighted by Gasteiger charge is 2.32. The first-order chi connectivity index (χ1) is 14.1.